The van der Waals surface area contributed by atoms with Gasteiger partial charge in [0.15, 0.2) is 6.10 Å². The number of hydrogen-bond donors (Lipinski definition) is 0. The van der Waals surface area contributed by atoms with E-state index in [9.17, 15) is 14.4 Å². The van der Waals surface area contributed by atoms with E-state index in [0.29, 0.717) is 19.3 Å². The zero-order valence-corrected chi connectivity index (χ0v) is 53.6. The largest absolute Gasteiger partial charge is 0.462 e. The molecule has 1 unspecified atom stereocenters. The highest BCUT2D eigenvalue weighted by Crippen LogP contribution is 2.18. The number of hydrogen-bond acceptors (Lipinski definition) is 6. The highest BCUT2D eigenvalue weighted by Gasteiger charge is 2.19. The molecule has 1 atom stereocenters. The minimum Gasteiger partial charge on any atom is -0.462 e. The molecule has 0 heterocycles. The van der Waals surface area contributed by atoms with E-state index >= 15 is 0 Å². The lowest BCUT2D eigenvalue weighted by atomic mass is 10.0. The Morgan fingerprint density at radius 3 is 0.738 bits per heavy atom. The fraction of sp³-hybridized carbons (Fsp3) is 0.824. The summed E-state index contributed by atoms with van der Waals surface area (Å²) in [6, 6.07) is 0. The van der Waals surface area contributed by atoms with Crippen LogP contribution >= 0.6 is 0 Å². The highest BCUT2D eigenvalue weighted by molar-refractivity contribution is 5.71. The van der Waals surface area contributed by atoms with Gasteiger partial charge in [-0.1, -0.05) is 332 Å². The number of allylic oxidation sites excluding steroid dienone is 10. The van der Waals surface area contributed by atoms with E-state index in [2.05, 4.69) is 81.5 Å². The smallest absolute Gasteiger partial charge is 0.306 e. The fourth-order valence-electron chi connectivity index (χ4n) is 10.4. The minimum absolute atomic E-state index is 0.0784. The lowest BCUT2D eigenvalue weighted by Crippen LogP contribution is -2.30. The molecule has 0 N–H and O–H groups in total. The Morgan fingerprint density at radius 1 is 0.250 bits per heavy atom. The topological polar surface area (TPSA) is 78.9 Å². The van der Waals surface area contributed by atoms with E-state index in [1.165, 1.54) is 238 Å². The van der Waals surface area contributed by atoms with Crippen LogP contribution in [0, 0.1) is 0 Å². The zero-order chi connectivity index (χ0) is 57.8. The number of carbonyl (C=O) groups is 3. The Labute approximate surface area is 498 Å². The lowest BCUT2D eigenvalue weighted by Gasteiger charge is -2.18. The second kappa shape index (κ2) is 68.6. The molecule has 0 fully saturated rings. The summed E-state index contributed by atoms with van der Waals surface area (Å²) in [7, 11) is 0. The van der Waals surface area contributed by atoms with Crippen LogP contribution in [0.4, 0.5) is 0 Å². The van der Waals surface area contributed by atoms with Gasteiger partial charge in [-0.3, -0.25) is 14.4 Å². The molecule has 0 aliphatic rings. The summed E-state index contributed by atoms with van der Waals surface area (Å²) in [6.07, 6.45) is 88.2. The third kappa shape index (κ3) is 65.9. The molecular weight excluding hydrogens is 985 g/mol. The van der Waals surface area contributed by atoms with Crippen LogP contribution in [0.15, 0.2) is 60.8 Å². The van der Waals surface area contributed by atoms with Crippen molar-refractivity contribution < 1.29 is 28.6 Å². The van der Waals surface area contributed by atoms with Gasteiger partial charge in [0.2, 0.25) is 0 Å². The van der Waals surface area contributed by atoms with Crippen LogP contribution in [-0.4, -0.2) is 37.2 Å². The van der Waals surface area contributed by atoms with Crippen molar-refractivity contribution in [3.8, 4) is 0 Å². The van der Waals surface area contributed by atoms with Crippen molar-refractivity contribution in [2.45, 2.75) is 380 Å². The molecule has 6 heteroatoms. The van der Waals surface area contributed by atoms with Gasteiger partial charge in [0.05, 0.1) is 0 Å². The van der Waals surface area contributed by atoms with E-state index in [4.69, 9.17) is 14.2 Å². The Bertz CT molecular complexity index is 1430. The maximum atomic E-state index is 13.0. The van der Waals surface area contributed by atoms with Crippen LogP contribution in [0.25, 0.3) is 0 Å². The third-order valence-electron chi connectivity index (χ3n) is 15.7. The predicted molar refractivity (Wildman–Crippen MR) is 348 cm³/mol. The van der Waals surface area contributed by atoms with E-state index in [1.54, 1.807) is 0 Å². The van der Waals surface area contributed by atoms with Crippen molar-refractivity contribution in [1.29, 1.82) is 0 Å². The minimum atomic E-state index is -0.785. The number of esters is 3. The second-order valence-electron chi connectivity index (χ2n) is 23.8. The molecule has 0 aromatic carbocycles. The Hall–Kier alpha value is -2.89. The van der Waals surface area contributed by atoms with Gasteiger partial charge in [-0.05, 0) is 83.5 Å². The standard InChI is InChI=1S/C74H134O6/c1-4-7-10-13-16-19-22-25-28-30-32-34-36-37-39-40-42-44-46-49-52-55-58-61-64-67-73(76)79-70-71(69-78-72(75)66-63-60-57-54-51-48-27-24-21-18-15-12-9-6-3)80-74(77)68-65-62-59-56-53-50-47-45-43-41-38-35-33-31-29-26-23-20-17-14-11-8-5-2/h15,18,23-24,26-27,31,33,38,41,71H,4-14,16-17,19-22,25,28-30,32,34-37,39-40,42-70H2,1-3H3/b18-15-,26-23-,27-24-,33-31-,41-38-. The quantitative estimate of drug-likeness (QED) is 0.0261. The summed E-state index contributed by atoms with van der Waals surface area (Å²) in [6.45, 7) is 6.63. The average Bonchev–Trinajstić information content (AvgIpc) is 3.46. The molecule has 6 nitrogen and oxygen atoms in total. The monoisotopic (exact) mass is 1120 g/mol. The molecule has 0 spiro atoms. The Morgan fingerprint density at radius 2 is 0.463 bits per heavy atom. The van der Waals surface area contributed by atoms with Crippen LogP contribution in [0.1, 0.15) is 374 Å². The number of carbonyl (C=O) groups excluding carboxylic acids is 3. The molecule has 0 saturated carbocycles. The Kier molecular flexibility index (Phi) is 66.1. The van der Waals surface area contributed by atoms with Gasteiger partial charge >= 0.3 is 17.9 Å². The van der Waals surface area contributed by atoms with Crippen LogP contribution < -0.4 is 0 Å². The van der Waals surface area contributed by atoms with Crippen molar-refractivity contribution in [2.75, 3.05) is 13.2 Å². The summed E-state index contributed by atoms with van der Waals surface area (Å²) >= 11 is 0. The summed E-state index contributed by atoms with van der Waals surface area (Å²) in [5, 5.41) is 0. The molecule has 0 rings (SSSR count). The Balaban J connectivity index is 4.29. The van der Waals surface area contributed by atoms with Crippen molar-refractivity contribution in [3.05, 3.63) is 60.8 Å². The molecule has 0 amide bonds. The van der Waals surface area contributed by atoms with Gasteiger partial charge in [-0.2, -0.15) is 0 Å². The predicted octanol–water partition coefficient (Wildman–Crippen LogP) is 24.3. The lowest BCUT2D eigenvalue weighted by molar-refractivity contribution is -0.167. The molecule has 0 aromatic heterocycles. The summed E-state index contributed by atoms with van der Waals surface area (Å²) in [5.41, 5.74) is 0. The number of ether oxygens (including phenoxy) is 3. The van der Waals surface area contributed by atoms with Gasteiger partial charge in [-0.15, -0.1) is 0 Å². The third-order valence-corrected chi connectivity index (χ3v) is 15.7. The van der Waals surface area contributed by atoms with Gasteiger partial charge in [0.25, 0.3) is 0 Å². The number of unbranched alkanes of at least 4 members (excludes halogenated alkanes) is 44. The SMILES string of the molecule is CCCC/C=C\C/C=C\CCCCCCCC(=O)OCC(COC(=O)CCCCCCCCCCCCCCCCCCCCCCCCCCC)OC(=O)CCCCCCCCCC/C=C\C/C=C\C/C=C\CCCCCCC. The maximum absolute atomic E-state index is 13.0. The molecule has 80 heavy (non-hydrogen) atoms. The fourth-order valence-corrected chi connectivity index (χ4v) is 10.4. The summed E-state index contributed by atoms with van der Waals surface area (Å²) in [5.74, 6) is -0.878. The highest BCUT2D eigenvalue weighted by atomic mass is 16.6. The summed E-state index contributed by atoms with van der Waals surface area (Å²) in [4.78, 5) is 38.4. The first-order valence-electron chi connectivity index (χ1n) is 35.3. The van der Waals surface area contributed by atoms with Crippen molar-refractivity contribution in [1.82, 2.24) is 0 Å². The van der Waals surface area contributed by atoms with Crippen molar-refractivity contribution >= 4 is 17.9 Å². The van der Waals surface area contributed by atoms with Gasteiger partial charge in [0, 0.05) is 19.3 Å². The normalized spacial score (nSPS) is 12.4. The van der Waals surface area contributed by atoms with Crippen LogP contribution in [0.5, 0.6) is 0 Å². The van der Waals surface area contributed by atoms with Gasteiger partial charge < -0.3 is 14.2 Å². The van der Waals surface area contributed by atoms with Crippen molar-refractivity contribution in [2.24, 2.45) is 0 Å². The first-order valence-corrected chi connectivity index (χ1v) is 35.3. The van der Waals surface area contributed by atoms with E-state index in [-0.39, 0.29) is 31.1 Å². The average molecular weight is 1120 g/mol. The molecule has 0 aromatic rings. The van der Waals surface area contributed by atoms with Crippen LogP contribution in [0.3, 0.4) is 0 Å². The molecular formula is C74H134O6. The van der Waals surface area contributed by atoms with Crippen LogP contribution in [-0.2, 0) is 28.6 Å². The first-order chi connectivity index (χ1) is 39.5. The first kappa shape index (κ1) is 77.1. The van der Waals surface area contributed by atoms with Crippen LogP contribution in [0.2, 0.25) is 0 Å². The summed E-state index contributed by atoms with van der Waals surface area (Å²) < 4.78 is 17.0. The van der Waals surface area contributed by atoms with E-state index < -0.39 is 6.10 Å². The molecule has 0 radical (unpaired) electrons. The number of rotatable bonds is 65. The molecule has 466 valence electrons. The van der Waals surface area contributed by atoms with E-state index in [0.717, 1.165) is 96.3 Å². The second-order valence-corrected chi connectivity index (χ2v) is 23.8. The zero-order valence-electron chi connectivity index (χ0n) is 53.6. The van der Waals surface area contributed by atoms with E-state index in [1.807, 2.05) is 0 Å². The molecule has 0 aliphatic heterocycles. The van der Waals surface area contributed by atoms with Crippen molar-refractivity contribution in [3.63, 3.8) is 0 Å². The molecule has 0 aliphatic carbocycles. The maximum Gasteiger partial charge on any atom is 0.306 e. The van der Waals surface area contributed by atoms with Gasteiger partial charge in [-0.25, -0.2) is 0 Å². The molecule has 0 bridgehead atoms. The molecule has 0 saturated heterocycles. The van der Waals surface area contributed by atoms with Gasteiger partial charge in [0.1, 0.15) is 13.2 Å².